The number of nitrogens with zero attached hydrogens (tertiary/aromatic N) is 1. The molecule has 0 saturated heterocycles. The van der Waals surface area contributed by atoms with Crippen molar-refractivity contribution in [2.75, 3.05) is 6.61 Å². The van der Waals surface area contributed by atoms with Gasteiger partial charge in [0, 0.05) is 5.02 Å². The summed E-state index contributed by atoms with van der Waals surface area (Å²) in [6, 6.07) is 15.5. The summed E-state index contributed by atoms with van der Waals surface area (Å²) in [5.41, 5.74) is 0.923. The molecule has 2 aromatic carbocycles. The highest BCUT2D eigenvalue weighted by atomic mass is 35.5. The summed E-state index contributed by atoms with van der Waals surface area (Å²) in [6.07, 6.45) is 1.43. The molecule has 0 aliphatic heterocycles. The van der Waals surface area contributed by atoms with Crippen molar-refractivity contribution in [3.63, 3.8) is 0 Å². The van der Waals surface area contributed by atoms with Crippen LogP contribution >= 0.6 is 11.6 Å². The zero-order valence-corrected chi connectivity index (χ0v) is 12.2. The Morgan fingerprint density at radius 1 is 1.19 bits per heavy atom. The van der Waals surface area contributed by atoms with E-state index in [0.717, 1.165) is 12.0 Å². The van der Waals surface area contributed by atoms with Crippen molar-refractivity contribution < 1.29 is 9.13 Å². The van der Waals surface area contributed by atoms with Crippen molar-refractivity contribution in [3.8, 4) is 11.8 Å². The molecule has 2 aromatic rings. The predicted molar refractivity (Wildman–Crippen MR) is 80.9 cm³/mol. The van der Waals surface area contributed by atoms with Crippen LogP contribution in [0.1, 0.15) is 24.3 Å². The maximum absolute atomic E-state index is 12.7. The van der Waals surface area contributed by atoms with Crippen LogP contribution in [0.5, 0.6) is 5.75 Å². The molecule has 4 heteroatoms. The third-order valence-electron chi connectivity index (χ3n) is 3.13. The zero-order valence-electron chi connectivity index (χ0n) is 11.4. The molecule has 1 unspecified atom stereocenters. The van der Waals surface area contributed by atoms with Gasteiger partial charge in [0.05, 0.1) is 18.6 Å². The van der Waals surface area contributed by atoms with E-state index >= 15 is 0 Å². The van der Waals surface area contributed by atoms with Crippen molar-refractivity contribution in [3.05, 3.63) is 64.9 Å². The van der Waals surface area contributed by atoms with Crippen molar-refractivity contribution in [2.45, 2.75) is 18.8 Å². The zero-order chi connectivity index (χ0) is 15.1. The van der Waals surface area contributed by atoms with Gasteiger partial charge in [0.25, 0.3) is 0 Å². The Bertz CT molecular complexity index is 621. The Hall–Kier alpha value is -2.05. The van der Waals surface area contributed by atoms with Gasteiger partial charge >= 0.3 is 0 Å². The second-order valence-electron chi connectivity index (χ2n) is 4.68. The summed E-state index contributed by atoms with van der Waals surface area (Å²) in [4.78, 5) is 0. The van der Waals surface area contributed by atoms with Crippen LogP contribution in [0.15, 0.2) is 48.5 Å². The van der Waals surface area contributed by atoms with E-state index in [1.165, 1.54) is 12.1 Å². The minimum absolute atomic E-state index is 0.194. The first kappa shape index (κ1) is 15.3. The van der Waals surface area contributed by atoms with E-state index in [2.05, 4.69) is 6.07 Å². The monoisotopic (exact) mass is 303 g/mol. The van der Waals surface area contributed by atoms with E-state index in [4.69, 9.17) is 16.3 Å². The molecule has 0 aliphatic rings. The molecular formula is C17H15ClFNO. The third-order valence-corrected chi connectivity index (χ3v) is 3.36. The van der Waals surface area contributed by atoms with Gasteiger partial charge in [-0.25, -0.2) is 4.39 Å². The van der Waals surface area contributed by atoms with Crippen molar-refractivity contribution in [2.24, 2.45) is 0 Å². The van der Waals surface area contributed by atoms with Crippen LogP contribution in [0.2, 0.25) is 5.02 Å². The molecule has 0 aromatic heterocycles. The molecule has 21 heavy (non-hydrogen) atoms. The summed E-state index contributed by atoms with van der Waals surface area (Å²) in [6.45, 7) is 0.490. The first-order valence-corrected chi connectivity index (χ1v) is 7.10. The van der Waals surface area contributed by atoms with Gasteiger partial charge in [0.15, 0.2) is 0 Å². The van der Waals surface area contributed by atoms with Crippen LogP contribution in [0.3, 0.4) is 0 Å². The van der Waals surface area contributed by atoms with Crippen molar-refractivity contribution in [1.82, 2.24) is 0 Å². The van der Waals surface area contributed by atoms with E-state index in [9.17, 15) is 9.65 Å². The minimum Gasteiger partial charge on any atom is -0.494 e. The topological polar surface area (TPSA) is 33.0 Å². The Morgan fingerprint density at radius 3 is 2.62 bits per heavy atom. The molecular weight excluding hydrogens is 289 g/mol. The van der Waals surface area contributed by atoms with Gasteiger partial charge < -0.3 is 4.74 Å². The number of hydrogen-bond donors (Lipinski definition) is 0. The Kier molecular flexibility index (Phi) is 5.59. The maximum Gasteiger partial charge on any atom is 0.123 e. The highest BCUT2D eigenvalue weighted by Crippen LogP contribution is 2.23. The first-order valence-electron chi connectivity index (χ1n) is 6.72. The smallest absolute Gasteiger partial charge is 0.123 e. The fourth-order valence-electron chi connectivity index (χ4n) is 2.04. The molecule has 2 rings (SSSR count). The summed E-state index contributed by atoms with van der Waals surface area (Å²) < 4.78 is 18.3. The van der Waals surface area contributed by atoms with E-state index in [-0.39, 0.29) is 11.7 Å². The molecule has 0 aliphatic carbocycles. The summed E-state index contributed by atoms with van der Waals surface area (Å²) in [5.74, 6) is 0.154. The number of hydrogen-bond acceptors (Lipinski definition) is 2. The molecule has 0 N–H and O–H groups in total. The lowest BCUT2D eigenvalue weighted by Crippen LogP contribution is -2.02. The van der Waals surface area contributed by atoms with Crippen LogP contribution in [-0.4, -0.2) is 6.61 Å². The number of ether oxygens (including phenoxy) is 1. The quantitative estimate of drug-likeness (QED) is 0.708. The summed E-state index contributed by atoms with van der Waals surface area (Å²) in [5, 5.41) is 9.88. The molecule has 0 saturated carbocycles. The molecule has 2 nitrogen and oxygen atoms in total. The third kappa shape index (κ3) is 4.77. The second-order valence-corrected chi connectivity index (χ2v) is 5.12. The van der Waals surface area contributed by atoms with E-state index in [1.54, 1.807) is 18.2 Å². The number of benzene rings is 2. The van der Waals surface area contributed by atoms with E-state index < -0.39 is 0 Å². The maximum atomic E-state index is 12.7. The predicted octanol–water partition coefficient (Wildman–Crippen LogP) is 4.95. The molecule has 0 fully saturated rings. The number of rotatable bonds is 6. The van der Waals surface area contributed by atoms with E-state index in [1.807, 2.05) is 18.2 Å². The highest BCUT2D eigenvalue weighted by Gasteiger charge is 2.10. The Balaban J connectivity index is 1.81. The lowest BCUT2D eigenvalue weighted by molar-refractivity contribution is 0.304. The molecule has 108 valence electrons. The Morgan fingerprint density at radius 2 is 1.95 bits per heavy atom. The van der Waals surface area contributed by atoms with Crippen molar-refractivity contribution in [1.29, 1.82) is 5.26 Å². The Labute approximate surface area is 128 Å². The highest BCUT2D eigenvalue weighted by molar-refractivity contribution is 6.30. The fraction of sp³-hybridized carbons (Fsp3) is 0.235. The largest absolute Gasteiger partial charge is 0.494 e. The van der Waals surface area contributed by atoms with Gasteiger partial charge in [0.2, 0.25) is 0 Å². The van der Waals surface area contributed by atoms with Crippen LogP contribution in [0.4, 0.5) is 4.39 Å². The van der Waals surface area contributed by atoms with Crippen molar-refractivity contribution >= 4 is 11.6 Å². The average Bonchev–Trinajstić information content (AvgIpc) is 2.49. The SMILES string of the molecule is N#CC(CCCOc1ccc(F)cc1)c1cccc(Cl)c1. The van der Waals surface area contributed by atoms with Crippen LogP contribution in [-0.2, 0) is 0 Å². The molecule has 0 bridgehead atoms. The molecule has 0 heterocycles. The molecule has 0 radical (unpaired) electrons. The normalized spacial score (nSPS) is 11.7. The van der Waals surface area contributed by atoms with Gasteiger partial charge in [0.1, 0.15) is 11.6 Å². The van der Waals surface area contributed by atoms with Crippen LogP contribution in [0, 0.1) is 17.1 Å². The number of halogens is 2. The summed E-state index contributed by atoms with van der Waals surface area (Å²) in [7, 11) is 0. The first-order chi connectivity index (χ1) is 10.2. The lowest BCUT2D eigenvalue weighted by Gasteiger charge is -2.10. The fourth-order valence-corrected chi connectivity index (χ4v) is 2.24. The molecule has 0 spiro atoms. The van der Waals surface area contributed by atoms with Gasteiger partial charge in [-0.3, -0.25) is 0 Å². The standard InChI is InChI=1S/C17H15ClFNO/c18-15-5-1-3-13(11-15)14(12-20)4-2-10-21-17-8-6-16(19)7-9-17/h1,3,5-9,11,14H,2,4,10H2. The van der Waals surface area contributed by atoms with Crippen LogP contribution < -0.4 is 4.74 Å². The second kappa shape index (κ2) is 7.66. The lowest BCUT2D eigenvalue weighted by atomic mass is 9.96. The van der Waals surface area contributed by atoms with Gasteiger partial charge in [-0.05, 0) is 54.8 Å². The van der Waals surface area contributed by atoms with Gasteiger partial charge in [-0.1, -0.05) is 23.7 Å². The molecule has 0 amide bonds. The van der Waals surface area contributed by atoms with E-state index in [0.29, 0.717) is 23.8 Å². The van der Waals surface area contributed by atoms with Crippen LogP contribution in [0.25, 0.3) is 0 Å². The number of nitriles is 1. The summed E-state index contributed by atoms with van der Waals surface area (Å²) >= 11 is 5.94. The average molecular weight is 304 g/mol. The van der Waals surface area contributed by atoms with Gasteiger partial charge in [-0.15, -0.1) is 0 Å². The van der Waals surface area contributed by atoms with Gasteiger partial charge in [-0.2, -0.15) is 5.26 Å². The molecule has 1 atom stereocenters. The minimum atomic E-state index is -0.284.